The molecule has 0 saturated carbocycles. The van der Waals surface area contributed by atoms with Crippen LogP contribution in [0.15, 0.2) is 24.3 Å². The van der Waals surface area contributed by atoms with Gasteiger partial charge in [0.15, 0.2) is 0 Å². The molecule has 0 unspecified atom stereocenters. The number of benzene rings is 1. The highest BCUT2D eigenvalue weighted by atomic mass is 32.2. The average molecular weight is 254 g/mol. The van der Waals surface area contributed by atoms with Crippen molar-refractivity contribution in [1.82, 2.24) is 5.32 Å². The molecule has 1 aromatic rings. The van der Waals surface area contributed by atoms with Crippen LogP contribution < -0.4 is 9.62 Å². The highest BCUT2D eigenvalue weighted by Gasteiger charge is 2.30. The molecular weight excluding hydrogens is 236 g/mol. The second kappa shape index (κ2) is 4.66. The summed E-state index contributed by atoms with van der Waals surface area (Å²) >= 11 is 0. The van der Waals surface area contributed by atoms with Crippen LogP contribution in [0.5, 0.6) is 0 Å². The van der Waals surface area contributed by atoms with Gasteiger partial charge in [0.1, 0.15) is 0 Å². The molecule has 0 radical (unpaired) electrons. The number of sulfonamides is 1. The van der Waals surface area contributed by atoms with Gasteiger partial charge in [0.25, 0.3) is 0 Å². The molecule has 1 N–H and O–H groups in total. The fourth-order valence-electron chi connectivity index (χ4n) is 2.15. The third-order valence-electron chi connectivity index (χ3n) is 3.20. The first-order valence-corrected chi connectivity index (χ1v) is 7.44. The standard InChI is InChI=1S/C12H18N2O2S/c1-10(13-2)11-6-3-4-7-12(11)14-8-5-9-17(14,15)16/h3-4,6-7,10,13H,5,8-9H2,1-2H3/t10-/m0/s1. The molecule has 1 aliphatic rings. The second-order valence-corrected chi connectivity index (χ2v) is 6.32. The Morgan fingerprint density at radius 2 is 2.06 bits per heavy atom. The molecule has 1 fully saturated rings. The highest BCUT2D eigenvalue weighted by molar-refractivity contribution is 7.93. The Morgan fingerprint density at radius 3 is 2.65 bits per heavy atom. The van der Waals surface area contributed by atoms with Crippen LogP contribution in [-0.2, 0) is 10.0 Å². The molecule has 17 heavy (non-hydrogen) atoms. The molecule has 0 amide bonds. The van der Waals surface area contributed by atoms with E-state index in [1.807, 2.05) is 38.2 Å². The Kier molecular flexibility index (Phi) is 3.40. The van der Waals surface area contributed by atoms with Crippen molar-refractivity contribution in [3.63, 3.8) is 0 Å². The molecule has 1 heterocycles. The van der Waals surface area contributed by atoms with Crippen LogP contribution in [0.3, 0.4) is 0 Å². The van der Waals surface area contributed by atoms with E-state index in [4.69, 9.17) is 0 Å². The first-order chi connectivity index (χ1) is 8.06. The molecule has 5 heteroatoms. The summed E-state index contributed by atoms with van der Waals surface area (Å²) in [6.45, 7) is 2.62. The van der Waals surface area contributed by atoms with Gasteiger partial charge >= 0.3 is 0 Å². The summed E-state index contributed by atoms with van der Waals surface area (Å²) in [6, 6.07) is 7.82. The fraction of sp³-hybridized carbons (Fsp3) is 0.500. The van der Waals surface area contributed by atoms with E-state index in [-0.39, 0.29) is 11.8 Å². The zero-order valence-electron chi connectivity index (χ0n) is 10.2. The Hall–Kier alpha value is -1.07. The SMILES string of the molecule is CN[C@@H](C)c1ccccc1N1CCCS1(=O)=O. The zero-order chi connectivity index (χ0) is 12.5. The topological polar surface area (TPSA) is 49.4 Å². The lowest BCUT2D eigenvalue weighted by Crippen LogP contribution is -2.27. The molecule has 1 aromatic carbocycles. The van der Waals surface area contributed by atoms with E-state index in [0.717, 1.165) is 11.3 Å². The van der Waals surface area contributed by atoms with Gasteiger partial charge < -0.3 is 5.32 Å². The van der Waals surface area contributed by atoms with Gasteiger partial charge in [-0.25, -0.2) is 8.42 Å². The molecule has 4 nitrogen and oxygen atoms in total. The van der Waals surface area contributed by atoms with Crippen molar-refractivity contribution in [2.24, 2.45) is 0 Å². The highest BCUT2D eigenvalue weighted by Crippen LogP contribution is 2.30. The van der Waals surface area contributed by atoms with Gasteiger partial charge in [-0.15, -0.1) is 0 Å². The molecule has 0 spiro atoms. The number of hydrogen-bond donors (Lipinski definition) is 1. The number of rotatable bonds is 3. The van der Waals surface area contributed by atoms with Gasteiger partial charge in [-0.3, -0.25) is 4.31 Å². The molecule has 0 bridgehead atoms. The van der Waals surface area contributed by atoms with Crippen LogP contribution in [0.2, 0.25) is 0 Å². The van der Waals surface area contributed by atoms with Gasteiger partial charge in [-0.1, -0.05) is 18.2 Å². The summed E-state index contributed by atoms with van der Waals surface area (Å²) in [5.41, 5.74) is 1.84. The first kappa shape index (κ1) is 12.4. The monoisotopic (exact) mass is 254 g/mol. The Morgan fingerprint density at radius 1 is 1.35 bits per heavy atom. The summed E-state index contributed by atoms with van der Waals surface area (Å²) in [4.78, 5) is 0. The minimum atomic E-state index is -3.10. The number of hydrogen-bond acceptors (Lipinski definition) is 3. The van der Waals surface area contributed by atoms with Crippen LogP contribution in [-0.4, -0.2) is 27.8 Å². The van der Waals surface area contributed by atoms with Crippen molar-refractivity contribution in [2.75, 3.05) is 23.7 Å². The third kappa shape index (κ3) is 2.30. The van der Waals surface area contributed by atoms with E-state index in [9.17, 15) is 8.42 Å². The van der Waals surface area contributed by atoms with Crippen molar-refractivity contribution < 1.29 is 8.42 Å². The normalized spacial score (nSPS) is 20.5. The van der Waals surface area contributed by atoms with Crippen molar-refractivity contribution in [1.29, 1.82) is 0 Å². The van der Waals surface area contributed by atoms with Crippen LogP contribution in [0.25, 0.3) is 0 Å². The number of nitrogens with zero attached hydrogens (tertiary/aromatic N) is 1. The minimum absolute atomic E-state index is 0.141. The number of para-hydroxylation sites is 1. The van der Waals surface area contributed by atoms with E-state index in [1.165, 1.54) is 4.31 Å². The van der Waals surface area contributed by atoms with E-state index < -0.39 is 10.0 Å². The van der Waals surface area contributed by atoms with Crippen molar-refractivity contribution in [2.45, 2.75) is 19.4 Å². The lowest BCUT2D eigenvalue weighted by molar-refractivity contribution is 0.598. The quantitative estimate of drug-likeness (QED) is 0.889. The third-order valence-corrected chi connectivity index (χ3v) is 5.06. The second-order valence-electron chi connectivity index (χ2n) is 4.31. The van der Waals surface area contributed by atoms with Gasteiger partial charge in [0, 0.05) is 12.6 Å². The summed E-state index contributed by atoms with van der Waals surface area (Å²) in [5.74, 6) is 0.259. The largest absolute Gasteiger partial charge is 0.313 e. The van der Waals surface area contributed by atoms with Crippen molar-refractivity contribution >= 4 is 15.7 Å². The Bertz CT molecular complexity index is 499. The van der Waals surface area contributed by atoms with Gasteiger partial charge in [-0.2, -0.15) is 0 Å². The lowest BCUT2D eigenvalue weighted by Gasteiger charge is -2.23. The molecule has 1 aliphatic heterocycles. The number of anilines is 1. The van der Waals surface area contributed by atoms with Gasteiger partial charge in [-0.05, 0) is 32.0 Å². The van der Waals surface area contributed by atoms with Crippen LogP contribution in [0, 0.1) is 0 Å². The van der Waals surface area contributed by atoms with E-state index in [1.54, 1.807) is 0 Å². The van der Waals surface area contributed by atoms with Crippen molar-refractivity contribution in [3.8, 4) is 0 Å². The molecule has 1 atom stereocenters. The minimum Gasteiger partial charge on any atom is -0.313 e. The smallest absolute Gasteiger partial charge is 0.235 e. The maximum Gasteiger partial charge on any atom is 0.235 e. The Labute approximate surface area is 103 Å². The maximum absolute atomic E-state index is 11.9. The molecule has 1 saturated heterocycles. The van der Waals surface area contributed by atoms with Crippen LogP contribution in [0.1, 0.15) is 24.9 Å². The predicted molar refractivity (Wildman–Crippen MR) is 69.7 cm³/mol. The molecule has 0 aliphatic carbocycles. The van der Waals surface area contributed by atoms with E-state index in [2.05, 4.69) is 5.32 Å². The predicted octanol–water partition coefficient (Wildman–Crippen LogP) is 1.51. The van der Waals surface area contributed by atoms with Crippen LogP contribution >= 0.6 is 0 Å². The van der Waals surface area contributed by atoms with Gasteiger partial charge in [0.05, 0.1) is 11.4 Å². The van der Waals surface area contributed by atoms with Crippen LogP contribution in [0.4, 0.5) is 5.69 Å². The van der Waals surface area contributed by atoms with Crippen molar-refractivity contribution in [3.05, 3.63) is 29.8 Å². The maximum atomic E-state index is 11.9. The fourth-order valence-corrected chi connectivity index (χ4v) is 3.73. The van der Waals surface area contributed by atoms with E-state index in [0.29, 0.717) is 13.0 Å². The molecular formula is C12H18N2O2S. The Balaban J connectivity index is 2.45. The average Bonchev–Trinajstić information content (AvgIpc) is 2.68. The first-order valence-electron chi connectivity index (χ1n) is 5.83. The summed E-state index contributed by atoms with van der Waals surface area (Å²) in [5, 5.41) is 3.15. The summed E-state index contributed by atoms with van der Waals surface area (Å²) < 4.78 is 25.4. The number of nitrogens with one attached hydrogen (secondary N) is 1. The summed E-state index contributed by atoms with van der Waals surface area (Å²) in [7, 11) is -1.22. The summed E-state index contributed by atoms with van der Waals surface area (Å²) in [6.07, 6.45) is 0.713. The van der Waals surface area contributed by atoms with E-state index >= 15 is 0 Å². The molecule has 2 rings (SSSR count). The zero-order valence-corrected chi connectivity index (χ0v) is 11.0. The van der Waals surface area contributed by atoms with Gasteiger partial charge in [0.2, 0.25) is 10.0 Å². The molecule has 94 valence electrons. The lowest BCUT2D eigenvalue weighted by atomic mass is 10.1. The molecule has 0 aromatic heterocycles.